The molecule has 0 spiro atoms. The first-order valence-corrected chi connectivity index (χ1v) is 6.74. The highest BCUT2D eigenvalue weighted by Crippen LogP contribution is 2.26. The molecule has 2 rings (SSSR count). The molecule has 1 heterocycles. The van der Waals surface area contributed by atoms with Gasteiger partial charge in [0.15, 0.2) is 4.67 Å². The lowest BCUT2D eigenvalue weighted by Gasteiger charge is -2.16. The molecule has 2 aromatic rings. The summed E-state index contributed by atoms with van der Waals surface area (Å²) in [5.74, 6) is 0.544. The quantitative estimate of drug-likeness (QED) is 0.892. The predicted octanol–water partition coefficient (Wildman–Crippen LogP) is 4.27. The lowest BCUT2D eigenvalue weighted by atomic mass is 10.0. The van der Waals surface area contributed by atoms with Crippen LogP contribution in [-0.4, -0.2) is 6.54 Å². The van der Waals surface area contributed by atoms with Gasteiger partial charge in [-0.1, -0.05) is 19.1 Å². The van der Waals surface area contributed by atoms with Gasteiger partial charge in [0.2, 0.25) is 0 Å². The van der Waals surface area contributed by atoms with Crippen molar-refractivity contribution in [1.29, 1.82) is 0 Å². The fourth-order valence-electron chi connectivity index (χ4n) is 1.84. The Morgan fingerprint density at radius 3 is 2.78 bits per heavy atom. The molecule has 1 atom stereocenters. The average Bonchev–Trinajstić information content (AvgIpc) is 2.76. The molecular formula is C14H15BrFNO. The molecule has 1 aromatic carbocycles. The zero-order valence-electron chi connectivity index (χ0n) is 10.1. The Labute approximate surface area is 114 Å². The molecule has 1 N–H and O–H groups in total. The first-order chi connectivity index (χ1) is 8.70. The number of halogens is 2. The Morgan fingerprint density at radius 2 is 2.17 bits per heavy atom. The number of hydrogen-bond acceptors (Lipinski definition) is 2. The Bertz CT molecular complexity index is 512. The van der Waals surface area contributed by atoms with Crippen molar-refractivity contribution in [3.63, 3.8) is 0 Å². The molecule has 0 radical (unpaired) electrons. The summed E-state index contributed by atoms with van der Waals surface area (Å²) in [4.78, 5) is 0. The fourth-order valence-corrected chi connectivity index (χ4v) is 2.16. The van der Waals surface area contributed by atoms with E-state index in [9.17, 15) is 4.39 Å². The molecule has 0 aliphatic rings. The van der Waals surface area contributed by atoms with Gasteiger partial charge in [-0.15, -0.1) is 0 Å². The van der Waals surface area contributed by atoms with Crippen LogP contribution < -0.4 is 5.32 Å². The van der Waals surface area contributed by atoms with Crippen LogP contribution in [0.4, 0.5) is 4.39 Å². The van der Waals surface area contributed by atoms with Crippen molar-refractivity contribution in [3.8, 4) is 0 Å². The summed E-state index contributed by atoms with van der Waals surface area (Å²) >= 11 is 3.29. The maximum absolute atomic E-state index is 13.3. The summed E-state index contributed by atoms with van der Waals surface area (Å²) in [7, 11) is 0. The first-order valence-electron chi connectivity index (χ1n) is 5.94. The minimum atomic E-state index is -0.235. The van der Waals surface area contributed by atoms with Crippen molar-refractivity contribution in [2.75, 3.05) is 6.54 Å². The molecule has 0 saturated carbocycles. The Kier molecular flexibility index (Phi) is 4.55. The van der Waals surface area contributed by atoms with Gasteiger partial charge in [-0.05, 0) is 58.7 Å². The van der Waals surface area contributed by atoms with Gasteiger partial charge in [0.1, 0.15) is 11.6 Å². The zero-order chi connectivity index (χ0) is 13.0. The van der Waals surface area contributed by atoms with Gasteiger partial charge in [0, 0.05) is 0 Å². The first kappa shape index (κ1) is 13.3. The summed E-state index contributed by atoms with van der Waals surface area (Å²) in [6.45, 7) is 2.94. The maximum Gasteiger partial charge on any atom is 0.169 e. The molecule has 0 bridgehead atoms. The van der Waals surface area contributed by atoms with Gasteiger partial charge in [-0.2, -0.15) is 0 Å². The van der Waals surface area contributed by atoms with Crippen LogP contribution >= 0.6 is 15.9 Å². The second-order valence-corrected chi connectivity index (χ2v) is 4.87. The van der Waals surface area contributed by atoms with Crippen LogP contribution in [0.1, 0.15) is 30.7 Å². The summed E-state index contributed by atoms with van der Waals surface area (Å²) in [6.07, 6.45) is 1.01. The third kappa shape index (κ3) is 3.21. The number of rotatable bonds is 5. The van der Waals surface area contributed by atoms with E-state index < -0.39 is 0 Å². The van der Waals surface area contributed by atoms with E-state index >= 15 is 0 Å². The normalized spacial score (nSPS) is 12.6. The Morgan fingerprint density at radius 1 is 1.33 bits per heavy atom. The van der Waals surface area contributed by atoms with Gasteiger partial charge < -0.3 is 9.73 Å². The van der Waals surface area contributed by atoms with Crippen molar-refractivity contribution in [2.24, 2.45) is 0 Å². The second-order valence-electron chi connectivity index (χ2n) is 4.08. The standard InChI is InChI=1S/C14H15BrFNO/c1-2-8-17-14(12-6-7-13(15)18-12)10-4-3-5-11(16)9-10/h3-7,9,14,17H,2,8H2,1H3. The third-order valence-electron chi connectivity index (χ3n) is 2.66. The molecule has 2 nitrogen and oxygen atoms in total. The largest absolute Gasteiger partial charge is 0.452 e. The molecule has 0 aliphatic heterocycles. The highest BCUT2D eigenvalue weighted by Gasteiger charge is 2.17. The SMILES string of the molecule is CCCNC(c1cccc(F)c1)c1ccc(Br)o1. The number of furan rings is 1. The van der Waals surface area contributed by atoms with Crippen molar-refractivity contribution >= 4 is 15.9 Å². The predicted molar refractivity (Wildman–Crippen MR) is 72.9 cm³/mol. The highest BCUT2D eigenvalue weighted by atomic mass is 79.9. The second kappa shape index (κ2) is 6.16. The van der Waals surface area contributed by atoms with Crippen LogP contribution in [-0.2, 0) is 0 Å². The topological polar surface area (TPSA) is 25.2 Å². The molecule has 96 valence electrons. The van der Waals surface area contributed by atoms with Crippen LogP contribution in [0, 0.1) is 5.82 Å². The monoisotopic (exact) mass is 311 g/mol. The average molecular weight is 312 g/mol. The van der Waals surface area contributed by atoms with Gasteiger partial charge in [0.25, 0.3) is 0 Å². The molecular weight excluding hydrogens is 297 g/mol. The van der Waals surface area contributed by atoms with E-state index in [1.165, 1.54) is 12.1 Å². The van der Waals surface area contributed by atoms with Gasteiger partial charge >= 0.3 is 0 Å². The summed E-state index contributed by atoms with van der Waals surface area (Å²) in [5.41, 5.74) is 0.866. The van der Waals surface area contributed by atoms with Gasteiger partial charge in [0.05, 0.1) is 6.04 Å². The van der Waals surface area contributed by atoms with Crippen LogP contribution in [0.25, 0.3) is 0 Å². The molecule has 4 heteroatoms. The van der Waals surface area contributed by atoms with E-state index in [4.69, 9.17) is 4.42 Å². The lowest BCUT2D eigenvalue weighted by Crippen LogP contribution is -2.22. The smallest absolute Gasteiger partial charge is 0.169 e. The fraction of sp³-hybridized carbons (Fsp3) is 0.286. The minimum absolute atomic E-state index is 0.119. The van der Waals surface area contributed by atoms with Gasteiger partial charge in [-0.3, -0.25) is 0 Å². The van der Waals surface area contributed by atoms with E-state index in [2.05, 4.69) is 28.2 Å². The van der Waals surface area contributed by atoms with Crippen molar-refractivity contribution < 1.29 is 8.81 Å². The number of hydrogen-bond donors (Lipinski definition) is 1. The van der Waals surface area contributed by atoms with E-state index in [1.807, 2.05) is 18.2 Å². The Balaban J connectivity index is 2.30. The summed E-state index contributed by atoms with van der Waals surface area (Å²) < 4.78 is 19.5. The Hall–Kier alpha value is -1.13. The molecule has 1 aromatic heterocycles. The molecule has 0 fully saturated rings. The van der Waals surface area contributed by atoms with E-state index in [-0.39, 0.29) is 11.9 Å². The minimum Gasteiger partial charge on any atom is -0.452 e. The van der Waals surface area contributed by atoms with Gasteiger partial charge in [-0.25, -0.2) is 4.39 Å². The van der Waals surface area contributed by atoms with E-state index in [1.54, 1.807) is 6.07 Å². The van der Waals surface area contributed by atoms with E-state index in [0.29, 0.717) is 4.67 Å². The van der Waals surface area contributed by atoms with Crippen molar-refractivity contribution in [1.82, 2.24) is 5.32 Å². The van der Waals surface area contributed by atoms with Crippen LogP contribution in [0.3, 0.4) is 0 Å². The lowest BCUT2D eigenvalue weighted by molar-refractivity contribution is 0.432. The summed E-state index contributed by atoms with van der Waals surface area (Å²) in [6, 6.07) is 10.2. The molecule has 18 heavy (non-hydrogen) atoms. The third-order valence-corrected chi connectivity index (χ3v) is 3.09. The van der Waals surface area contributed by atoms with Crippen LogP contribution in [0.5, 0.6) is 0 Å². The maximum atomic E-state index is 13.3. The number of nitrogens with one attached hydrogen (secondary N) is 1. The highest BCUT2D eigenvalue weighted by molar-refractivity contribution is 9.10. The molecule has 0 amide bonds. The van der Waals surface area contributed by atoms with Crippen molar-refractivity contribution in [3.05, 3.63) is 58.2 Å². The molecule has 0 aliphatic carbocycles. The number of benzene rings is 1. The van der Waals surface area contributed by atoms with Crippen molar-refractivity contribution in [2.45, 2.75) is 19.4 Å². The van der Waals surface area contributed by atoms with Crippen LogP contribution in [0.2, 0.25) is 0 Å². The molecule has 1 unspecified atom stereocenters. The molecule has 0 saturated heterocycles. The van der Waals surface area contributed by atoms with E-state index in [0.717, 1.165) is 24.3 Å². The summed E-state index contributed by atoms with van der Waals surface area (Å²) in [5, 5.41) is 3.36. The zero-order valence-corrected chi connectivity index (χ0v) is 11.7. The van der Waals surface area contributed by atoms with Crippen LogP contribution in [0.15, 0.2) is 45.5 Å².